The van der Waals surface area contributed by atoms with Crippen LogP contribution < -0.4 is 0 Å². The number of carbonyl (C=O) groups is 1. The molecule has 0 radical (unpaired) electrons. The van der Waals surface area contributed by atoms with Gasteiger partial charge in [-0.25, -0.2) is 9.78 Å². The highest BCUT2D eigenvalue weighted by Gasteiger charge is 2.29. The van der Waals surface area contributed by atoms with Crippen LogP contribution in [0, 0.1) is 0 Å². The van der Waals surface area contributed by atoms with Gasteiger partial charge >= 0.3 is 11.9 Å². The SMILES string of the molecule is CC(C)(C)OC(=O)c1nc2c(o1)CC=C1N=CC=C12. The second-order valence-electron chi connectivity index (χ2n) is 5.44. The summed E-state index contributed by atoms with van der Waals surface area (Å²) in [5, 5.41) is 0. The molecule has 0 aromatic carbocycles. The van der Waals surface area contributed by atoms with E-state index in [2.05, 4.69) is 9.98 Å². The van der Waals surface area contributed by atoms with Crippen LogP contribution in [0.1, 0.15) is 42.9 Å². The molecule has 0 bridgehead atoms. The summed E-state index contributed by atoms with van der Waals surface area (Å²) in [5.74, 6) is 0.145. The van der Waals surface area contributed by atoms with Gasteiger partial charge in [0.05, 0.1) is 5.70 Å². The molecule has 0 saturated carbocycles. The standard InChI is InChI=1S/C14H14N2O3/c1-14(2,3)19-13(17)12-16-11-8-6-7-15-9(8)4-5-10(11)18-12/h4,6-7H,5H2,1-3H3. The molecule has 5 nitrogen and oxygen atoms in total. The highest BCUT2D eigenvalue weighted by molar-refractivity contribution is 5.98. The molecule has 0 amide bonds. The molecule has 98 valence electrons. The molecule has 0 unspecified atom stereocenters. The Morgan fingerprint density at radius 1 is 1.42 bits per heavy atom. The molecular weight excluding hydrogens is 244 g/mol. The average molecular weight is 258 g/mol. The van der Waals surface area contributed by atoms with Gasteiger partial charge in [0.2, 0.25) is 0 Å². The number of rotatable bonds is 1. The number of oxazole rings is 1. The Hall–Kier alpha value is -2.17. The van der Waals surface area contributed by atoms with Crippen molar-refractivity contribution in [2.24, 2.45) is 4.99 Å². The number of carbonyl (C=O) groups excluding carboxylic acids is 1. The van der Waals surface area contributed by atoms with Crippen LogP contribution in [0.5, 0.6) is 0 Å². The van der Waals surface area contributed by atoms with E-state index in [9.17, 15) is 4.79 Å². The quantitative estimate of drug-likeness (QED) is 0.726. The first-order chi connectivity index (χ1) is 8.94. The van der Waals surface area contributed by atoms with Gasteiger partial charge in [-0.2, -0.15) is 0 Å². The lowest BCUT2D eigenvalue weighted by Crippen LogP contribution is -2.24. The third kappa shape index (κ3) is 2.12. The van der Waals surface area contributed by atoms with Crippen molar-refractivity contribution in [3.63, 3.8) is 0 Å². The summed E-state index contributed by atoms with van der Waals surface area (Å²) in [5.41, 5.74) is 1.91. The van der Waals surface area contributed by atoms with Gasteiger partial charge in [-0.15, -0.1) is 0 Å². The van der Waals surface area contributed by atoms with Crippen molar-refractivity contribution in [2.75, 3.05) is 0 Å². The summed E-state index contributed by atoms with van der Waals surface area (Å²) in [6.07, 6.45) is 6.14. The Bertz CT molecular complexity index is 642. The first-order valence-electron chi connectivity index (χ1n) is 6.12. The molecule has 1 aliphatic carbocycles. The number of fused-ring (bicyclic) bond motifs is 3. The van der Waals surface area contributed by atoms with E-state index in [0.717, 1.165) is 11.3 Å². The van der Waals surface area contributed by atoms with Gasteiger partial charge in [0.25, 0.3) is 0 Å². The van der Waals surface area contributed by atoms with E-state index in [1.54, 1.807) is 27.0 Å². The molecule has 2 heterocycles. The summed E-state index contributed by atoms with van der Waals surface area (Å²) in [6, 6.07) is 0. The Labute approximate surface area is 110 Å². The van der Waals surface area contributed by atoms with Crippen molar-refractivity contribution in [1.82, 2.24) is 4.98 Å². The van der Waals surface area contributed by atoms with Crippen LogP contribution in [-0.2, 0) is 11.2 Å². The monoisotopic (exact) mass is 258 g/mol. The summed E-state index contributed by atoms with van der Waals surface area (Å²) < 4.78 is 10.7. The number of ether oxygens (including phenoxy) is 1. The van der Waals surface area contributed by atoms with Gasteiger partial charge in [-0.05, 0) is 26.8 Å². The van der Waals surface area contributed by atoms with Crippen LogP contribution in [0.2, 0.25) is 0 Å². The van der Waals surface area contributed by atoms with Gasteiger partial charge < -0.3 is 9.15 Å². The largest absolute Gasteiger partial charge is 0.453 e. The van der Waals surface area contributed by atoms with Gasteiger partial charge in [-0.1, -0.05) is 6.08 Å². The molecule has 3 rings (SSSR count). The average Bonchev–Trinajstić information content (AvgIpc) is 2.92. The Balaban J connectivity index is 1.91. The minimum atomic E-state index is -0.564. The lowest BCUT2D eigenvalue weighted by Gasteiger charge is -2.17. The highest BCUT2D eigenvalue weighted by atomic mass is 16.6. The zero-order valence-electron chi connectivity index (χ0n) is 11.1. The number of hydrogen-bond donors (Lipinski definition) is 0. The Kier molecular flexibility index (Phi) is 2.45. The topological polar surface area (TPSA) is 64.7 Å². The fourth-order valence-electron chi connectivity index (χ4n) is 2.01. The maximum atomic E-state index is 11.9. The maximum Gasteiger partial charge on any atom is 0.395 e. The number of hydrogen-bond acceptors (Lipinski definition) is 5. The van der Waals surface area contributed by atoms with Crippen molar-refractivity contribution in [2.45, 2.75) is 32.8 Å². The molecule has 0 atom stereocenters. The van der Waals surface area contributed by atoms with Gasteiger partial charge in [-0.3, -0.25) is 4.99 Å². The molecule has 0 spiro atoms. The number of aromatic nitrogens is 1. The predicted molar refractivity (Wildman–Crippen MR) is 69.9 cm³/mol. The summed E-state index contributed by atoms with van der Waals surface area (Å²) >= 11 is 0. The summed E-state index contributed by atoms with van der Waals surface area (Å²) in [6.45, 7) is 5.42. The second kappa shape index (κ2) is 3.91. The maximum absolute atomic E-state index is 11.9. The zero-order valence-corrected chi connectivity index (χ0v) is 11.1. The van der Waals surface area contributed by atoms with Crippen LogP contribution in [0.3, 0.4) is 0 Å². The fraction of sp³-hybridized carbons (Fsp3) is 0.357. The normalized spacial score (nSPS) is 16.6. The van der Waals surface area contributed by atoms with Gasteiger partial charge in [0.15, 0.2) is 0 Å². The smallest absolute Gasteiger partial charge is 0.395 e. The number of nitrogens with zero attached hydrogens (tertiary/aromatic N) is 2. The number of allylic oxidation sites excluding steroid dienone is 3. The second-order valence-corrected chi connectivity index (χ2v) is 5.44. The fourth-order valence-corrected chi connectivity index (χ4v) is 2.01. The first kappa shape index (κ1) is 11.9. The zero-order chi connectivity index (χ0) is 13.6. The molecule has 0 saturated heterocycles. The lowest BCUT2D eigenvalue weighted by atomic mass is 10.0. The minimum Gasteiger partial charge on any atom is -0.453 e. The van der Waals surface area contributed by atoms with E-state index < -0.39 is 11.6 Å². The predicted octanol–water partition coefficient (Wildman–Crippen LogP) is 2.54. The van der Waals surface area contributed by atoms with E-state index >= 15 is 0 Å². The van der Waals surface area contributed by atoms with Gasteiger partial charge in [0, 0.05) is 18.2 Å². The molecule has 2 aliphatic rings. The third-order valence-electron chi connectivity index (χ3n) is 2.74. The first-order valence-corrected chi connectivity index (χ1v) is 6.12. The van der Waals surface area contributed by atoms with Crippen LogP contribution in [-0.4, -0.2) is 22.8 Å². The molecule has 1 aliphatic heterocycles. The van der Waals surface area contributed by atoms with E-state index in [-0.39, 0.29) is 5.89 Å². The number of aliphatic imine (C=N–C) groups is 1. The Morgan fingerprint density at radius 2 is 2.21 bits per heavy atom. The minimum absolute atomic E-state index is 0.00220. The summed E-state index contributed by atoms with van der Waals surface area (Å²) in [7, 11) is 0. The molecule has 1 aromatic heterocycles. The number of esters is 1. The van der Waals surface area contributed by atoms with Crippen molar-refractivity contribution in [3.8, 4) is 0 Å². The lowest BCUT2D eigenvalue weighted by molar-refractivity contribution is 0.00259. The van der Waals surface area contributed by atoms with Crippen LogP contribution in [0.15, 0.2) is 27.3 Å². The molecular formula is C14H14N2O3. The van der Waals surface area contributed by atoms with Crippen molar-refractivity contribution >= 4 is 17.8 Å². The van der Waals surface area contributed by atoms with Crippen molar-refractivity contribution < 1.29 is 13.9 Å². The van der Waals surface area contributed by atoms with E-state index in [0.29, 0.717) is 17.9 Å². The van der Waals surface area contributed by atoms with E-state index in [1.807, 2.05) is 12.2 Å². The molecule has 1 aromatic rings. The Morgan fingerprint density at radius 3 is 2.95 bits per heavy atom. The van der Waals surface area contributed by atoms with Crippen molar-refractivity contribution in [3.05, 3.63) is 35.2 Å². The summed E-state index contributed by atoms with van der Waals surface area (Å²) in [4.78, 5) is 20.4. The van der Waals surface area contributed by atoms with E-state index in [1.165, 1.54) is 0 Å². The molecule has 19 heavy (non-hydrogen) atoms. The van der Waals surface area contributed by atoms with Crippen molar-refractivity contribution in [1.29, 1.82) is 0 Å². The van der Waals surface area contributed by atoms with Crippen LogP contribution in [0.4, 0.5) is 0 Å². The van der Waals surface area contributed by atoms with E-state index in [4.69, 9.17) is 9.15 Å². The molecule has 0 fully saturated rings. The van der Waals surface area contributed by atoms with Gasteiger partial charge in [0.1, 0.15) is 17.1 Å². The van der Waals surface area contributed by atoms with Crippen LogP contribution >= 0.6 is 0 Å². The molecule has 0 N–H and O–H groups in total. The highest BCUT2D eigenvalue weighted by Crippen LogP contribution is 2.34. The van der Waals surface area contributed by atoms with Crippen LogP contribution in [0.25, 0.3) is 5.57 Å². The molecule has 5 heteroatoms. The third-order valence-corrected chi connectivity index (χ3v) is 2.74.